The van der Waals surface area contributed by atoms with Gasteiger partial charge in [0.15, 0.2) is 15.6 Å². The number of hydrogen-bond donors (Lipinski definition) is 0. The Bertz CT molecular complexity index is 489. The summed E-state index contributed by atoms with van der Waals surface area (Å²) in [5.74, 6) is 0.0691. The lowest BCUT2D eigenvalue weighted by atomic mass is 10.1. The smallest absolute Gasteiger partial charge is 0.178 e. The molecule has 0 aliphatic rings. The maximum absolute atomic E-state index is 11.8. The second-order valence-electron chi connectivity index (χ2n) is 3.96. The van der Waals surface area contributed by atoms with Crippen molar-refractivity contribution in [3.63, 3.8) is 0 Å². The van der Waals surface area contributed by atoms with Gasteiger partial charge in [0.1, 0.15) is 0 Å². The molecule has 0 aliphatic heterocycles. The Morgan fingerprint density at radius 1 is 1.24 bits per heavy atom. The van der Waals surface area contributed by atoms with Gasteiger partial charge in [-0.3, -0.25) is 4.79 Å². The Hall–Kier alpha value is -1.16. The van der Waals surface area contributed by atoms with Gasteiger partial charge in [-0.2, -0.15) is 0 Å². The van der Waals surface area contributed by atoms with E-state index >= 15 is 0 Å². The van der Waals surface area contributed by atoms with E-state index in [0.717, 1.165) is 12.8 Å². The van der Waals surface area contributed by atoms with Crippen LogP contribution < -0.4 is 0 Å². The van der Waals surface area contributed by atoms with Crippen LogP contribution in [-0.4, -0.2) is 20.0 Å². The standard InChI is InChI=1S/C13H18O3S/c1-3-5-9-13(14)11-7-6-8-12(10-11)17(15,16)4-2/h6-8,10H,3-5,9H2,1-2H3. The van der Waals surface area contributed by atoms with Crippen molar-refractivity contribution in [2.24, 2.45) is 0 Å². The highest BCUT2D eigenvalue weighted by atomic mass is 32.2. The molecule has 94 valence electrons. The van der Waals surface area contributed by atoms with Crippen LogP contribution in [-0.2, 0) is 9.84 Å². The number of rotatable bonds is 6. The summed E-state index contributed by atoms with van der Waals surface area (Å²) in [6, 6.07) is 6.32. The molecule has 0 radical (unpaired) electrons. The van der Waals surface area contributed by atoms with Crippen molar-refractivity contribution in [1.29, 1.82) is 0 Å². The Balaban J connectivity index is 2.98. The first kappa shape index (κ1) is 13.9. The van der Waals surface area contributed by atoms with E-state index in [1.54, 1.807) is 19.1 Å². The van der Waals surface area contributed by atoms with Crippen molar-refractivity contribution in [1.82, 2.24) is 0 Å². The van der Waals surface area contributed by atoms with Crippen molar-refractivity contribution < 1.29 is 13.2 Å². The molecule has 1 rings (SSSR count). The molecule has 1 aromatic rings. The molecular weight excluding hydrogens is 236 g/mol. The van der Waals surface area contributed by atoms with Gasteiger partial charge >= 0.3 is 0 Å². The second-order valence-corrected chi connectivity index (χ2v) is 6.24. The third-order valence-corrected chi connectivity index (χ3v) is 4.38. The number of hydrogen-bond acceptors (Lipinski definition) is 3. The van der Waals surface area contributed by atoms with Crippen LogP contribution in [0.4, 0.5) is 0 Å². The molecule has 17 heavy (non-hydrogen) atoms. The van der Waals surface area contributed by atoms with Gasteiger partial charge in [0.2, 0.25) is 0 Å². The van der Waals surface area contributed by atoms with Crippen molar-refractivity contribution >= 4 is 15.6 Å². The third-order valence-electron chi connectivity index (χ3n) is 2.65. The van der Waals surface area contributed by atoms with E-state index in [-0.39, 0.29) is 16.4 Å². The fourth-order valence-corrected chi connectivity index (χ4v) is 2.44. The average Bonchev–Trinajstić information content (AvgIpc) is 2.36. The van der Waals surface area contributed by atoms with Crippen molar-refractivity contribution in [3.05, 3.63) is 29.8 Å². The van der Waals surface area contributed by atoms with E-state index in [1.165, 1.54) is 12.1 Å². The fraction of sp³-hybridized carbons (Fsp3) is 0.462. The number of ketones is 1. The third kappa shape index (κ3) is 3.66. The van der Waals surface area contributed by atoms with Crippen molar-refractivity contribution in [2.75, 3.05) is 5.75 Å². The largest absolute Gasteiger partial charge is 0.294 e. The zero-order valence-electron chi connectivity index (χ0n) is 10.3. The molecule has 0 saturated heterocycles. The first-order chi connectivity index (χ1) is 8.01. The highest BCUT2D eigenvalue weighted by Crippen LogP contribution is 2.15. The van der Waals surface area contributed by atoms with Crippen molar-refractivity contribution in [3.8, 4) is 0 Å². The van der Waals surface area contributed by atoms with E-state index in [9.17, 15) is 13.2 Å². The lowest BCUT2D eigenvalue weighted by Crippen LogP contribution is -2.06. The summed E-state index contributed by atoms with van der Waals surface area (Å²) in [4.78, 5) is 12.0. The molecule has 0 heterocycles. The number of sulfone groups is 1. The highest BCUT2D eigenvalue weighted by molar-refractivity contribution is 7.91. The maximum atomic E-state index is 11.8. The van der Waals surface area contributed by atoms with Crippen molar-refractivity contribution in [2.45, 2.75) is 38.0 Å². The minimum atomic E-state index is -3.23. The zero-order chi connectivity index (χ0) is 12.9. The Labute approximate surface area is 103 Å². The predicted octanol–water partition coefficient (Wildman–Crippen LogP) is 2.85. The summed E-state index contributed by atoms with van der Waals surface area (Å²) >= 11 is 0. The SMILES string of the molecule is CCCCC(=O)c1cccc(S(=O)(=O)CC)c1. The van der Waals surface area contributed by atoms with Gasteiger partial charge in [0, 0.05) is 12.0 Å². The molecule has 1 aromatic carbocycles. The summed E-state index contributed by atoms with van der Waals surface area (Å²) < 4.78 is 23.4. The van der Waals surface area contributed by atoms with Gasteiger partial charge in [-0.15, -0.1) is 0 Å². The molecule has 0 aromatic heterocycles. The molecule has 0 saturated carbocycles. The van der Waals surface area contributed by atoms with E-state index in [1.807, 2.05) is 6.92 Å². The molecule has 0 spiro atoms. The van der Waals surface area contributed by atoms with Crippen LogP contribution in [0.2, 0.25) is 0 Å². The lowest BCUT2D eigenvalue weighted by molar-refractivity contribution is 0.0979. The number of unbranched alkanes of at least 4 members (excludes halogenated alkanes) is 1. The summed E-state index contributed by atoms with van der Waals surface area (Å²) in [6.07, 6.45) is 2.27. The fourth-order valence-electron chi connectivity index (χ4n) is 1.51. The van der Waals surface area contributed by atoms with Crippen LogP contribution in [0.1, 0.15) is 43.5 Å². The number of Topliss-reactive ketones (excluding diaryl/α,β-unsaturated/α-hetero) is 1. The second kappa shape index (κ2) is 5.96. The van der Waals surface area contributed by atoms with E-state index in [4.69, 9.17) is 0 Å². The normalized spacial score (nSPS) is 11.4. The molecule has 0 bridgehead atoms. The summed E-state index contributed by atoms with van der Waals surface area (Å²) in [5, 5.41) is 0. The minimum absolute atomic E-state index is 0.0139. The number of benzene rings is 1. The topological polar surface area (TPSA) is 51.2 Å². The average molecular weight is 254 g/mol. The van der Waals surface area contributed by atoms with Gasteiger partial charge < -0.3 is 0 Å². The molecule has 0 atom stereocenters. The first-order valence-electron chi connectivity index (χ1n) is 5.87. The van der Waals surface area contributed by atoms with Crippen LogP contribution in [0, 0.1) is 0 Å². The van der Waals surface area contributed by atoms with Crippen LogP contribution in [0.3, 0.4) is 0 Å². The molecular formula is C13H18O3S. The highest BCUT2D eigenvalue weighted by Gasteiger charge is 2.13. The maximum Gasteiger partial charge on any atom is 0.178 e. The summed E-state index contributed by atoms with van der Waals surface area (Å²) in [5.41, 5.74) is 0.493. The minimum Gasteiger partial charge on any atom is -0.294 e. The van der Waals surface area contributed by atoms with Gasteiger partial charge in [0.05, 0.1) is 10.6 Å². The Kier molecular flexibility index (Phi) is 4.87. The summed E-state index contributed by atoms with van der Waals surface area (Å²) in [6.45, 7) is 3.62. The summed E-state index contributed by atoms with van der Waals surface area (Å²) in [7, 11) is -3.23. The molecule has 0 N–H and O–H groups in total. The van der Waals surface area contributed by atoms with Gasteiger partial charge in [-0.1, -0.05) is 32.4 Å². The van der Waals surface area contributed by atoms with Crippen LogP contribution in [0.15, 0.2) is 29.2 Å². The number of carbonyl (C=O) groups excluding carboxylic acids is 1. The van der Waals surface area contributed by atoms with Gasteiger partial charge in [-0.05, 0) is 18.6 Å². The molecule has 4 heteroatoms. The van der Waals surface area contributed by atoms with Gasteiger partial charge in [0.25, 0.3) is 0 Å². The predicted molar refractivity (Wildman–Crippen MR) is 68.0 cm³/mol. The lowest BCUT2D eigenvalue weighted by Gasteiger charge is -2.04. The van der Waals surface area contributed by atoms with Crippen LogP contribution in [0.5, 0.6) is 0 Å². The Morgan fingerprint density at radius 3 is 2.53 bits per heavy atom. The first-order valence-corrected chi connectivity index (χ1v) is 7.52. The molecule has 0 aliphatic carbocycles. The quantitative estimate of drug-likeness (QED) is 0.733. The van der Waals surface area contributed by atoms with E-state index in [2.05, 4.69) is 0 Å². The zero-order valence-corrected chi connectivity index (χ0v) is 11.1. The molecule has 0 unspecified atom stereocenters. The molecule has 0 amide bonds. The van der Waals surface area contributed by atoms with E-state index in [0.29, 0.717) is 12.0 Å². The van der Waals surface area contributed by atoms with Gasteiger partial charge in [-0.25, -0.2) is 8.42 Å². The van der Waals surface area contributed by atoms with E-state index < -0.39 is 9.84 Å². The van der Waals surface area contributed by atoms with Crippen LogP contribution >= 0.6 is 0 Å². The Morgan fingerprint density at radius 2 is 1.94 bits per heavy atom. The number of carbonyl (C=O) groups is 1. The molecule has 0 fully saturated rings. The monoisotopic (exact) mass is 254 g/mol. The molecule has 3 nitrogen and oxygen atoms in total. The van der Waals surface area contributed by atoms with Crippen LogP contribution in [0.25, 0.3) is 0 Å².